The molecule has 2 aromatic heterocycles. The van der Waals surface area contributed by atoms with Crippen molar-refractivity contribution in [3.63, 3.8) is 0 Å². The molecule has 0 aliphatic heterocycles. The molecule has 16 nitrogen and oxygen atoms in total. The van der Waals surface area contributed by atoms with Crippen molar-refractivity contribution in [2.75, 3.05) is 0 Å². The first-order chi connectivity index (χ1) is 16.6. The maximum absolute atomic E-state index is 10.6. The van der Waals surface area contributed by atoms with E-state index in [9.17, 15) is 19.8 Å². The minimum absolute atomic E-state index is 0. The number of nitrogens with zero attached hydrogens (tertiary/aromatic N) is 12. The number of hydrogen-bond donors (Lipinski definition) is 0. The zero-order valence-electron chi connectivity index (χ0n) is 17.4. The molecule has 0 aliphatic rings. The summed E-state index contributed by atoms with van der Waals surface area (Å²) in [4.78, 5) is 21.2. The first-order valence-corrected chi connectivity index (χ1v) is 8.86. The van der Waals surface area contributed by atoms with Gasteiger partial charge in [0.2, 0.25) is 0 Å². The average molecular weight is 521 g/mol. The Bertz CT molecular complexity index is 1010. The van der Waals surface area contributed by atoms with Crippen molar-refractivity contribution in [1.29, 1.82) is 0 Å². The van der Waals surface area contributed by atoms with Crippen LogP contribution in [0.4, 0.5) is 0 Å². The third-order valence-corrected chi connectivity index (χ3v) is 2.77. The second-order valence-corrected chi connectivity index (χ2v) is 5.05. The predicted molar refractivity (Wildman–Crippen MR) is 106 cm³/mol. The predicted octanol–water partition coefficient (Wildman–Crippen LogP) is -2.66. The van der Waals surface area contributed by atoms with Crippen molar-refractivity contribution in [2.45, 2.75) is 0 Å². The smallest absolute Gasteiger partial charge is 0.543 e. The Balaban J connectivity index is 0.000000642. The molecule has 35 heavy (non-hydrogen) atoms. The van der Waals surface area contributed by atoms with Crippen molar-refractivity contribution < 1.29 is 36.3 Å². The van der Waals surface area contributed by atoms with Gasteiger partial charge in [-0.15, -0.1) is 20.4 Å². The van der Waals surface area contributed by atoms with Gasteiger partial charge in [0.05, 0.1) is 24.3 Å². The van der Waals surface area contributed by atoms with E-state index >= 15 is 0 Å². The van der Waals surface area contributed by atoms with Crippen LogP contribution in [0, 0.1) is 0 Å². The Morgan fingerprint density at radius 1 is 0.486 bits per heavy atom. The van der Waals surface area contributed by atoms with E-state index in [1.165, 1.54) is 36.7 Å². The van der Waals surface area contributed by atoms with Gasteiger partial charge in [-0.2, -0.15) is 0 Å². The summed E-state index contributed by atoms with van der Waals surface area (Å²) in [7, 11) is 0. The van der Waals surface area contributed by atoms with Crippen LogP contribution in [0.5, 0.6) is 0 Å². The van der Waals surface area contributed by atoms with Gasteiger partial charge in [0.15, 0.2) is 0 Å². The first kappa shape index (κ1) is 30.0. The van der Waals surface area contributed by atoms with Gasteiger partial charge >= 0.3 is 16.5 Å². The first-order valence-electron chi connectivity index (χ1n) is 8.86. The monoisotopic (exact) mass is 520 g/mol. The third-order valence-electron chi connectivity index (χ3n) is 2.77. The van der Waals surface area contributed by atoms with E-state index in [4.69, 9.17) is 0 Å². The Kier molecular flexibility index (Phi) is 17.8. The summed E-state index contributed by atoms with van der Waals surface area (Å²) in [6, 6.07) is 18.5. The van der Waals surface area contributed by atoms with Gasteiger partial charge in [0, 0.05) is 0 Å². The minimum atomic E-state index is -1.47. The summed E-state index contributed by atoms with van der Waals surface area (Å²) >= 11 is 0. The molecule has 17 heteroatoms. The number of carboxylic acids is 2. The van der Waals surface area contributed by atoms with Crippen LogP contribution in [0.25, 0.3) is 0 Å². The van der Waals surface area contributed by atoms with Gasteiger partial charge in [-0.3, -0.25) is 0 Å². The molecule has 2 aromatic rings. The van der Waals surface area contributed by atoms with Gasteiger partial charge in [-0.05, 0) is 66.0 Å². The average Bonchev–Trinajstić information content (AvgIpc) is 2.82. The van der Waals surface area contributed by atoms with E-state index in [0.29, 0.717) is 0 Å². The summed E-state index contributed by atoms with van der Waals surface area (Å²) in [5.41, 5.74) is -0.753. The number of carbonyl (C=O) groups excluding carboxylic acids is 2. The molecule has 0 bridgehead atoms. The molecule has 0 saturated carbocycles. The van der Waals surface area contributed by atoms with Gasteiger partial charge in [0.1, 0.15) is 11.4 Å². The molecule has 0 atom stereocenters. The van der Waals surface area contributed by atoms with E-state index < -0.39 is 11.9 Å². The summed E-state index contributed by atoms with van der Waals surface area (Å²) in [6.45, 7) is 0. The third kappa shape index (κ3) is 17.2. The molecule has 0 aromatic carbocycles. The fourth-order valence-corrected chi connectivity index (χ4v) is 1.45. The second kappa shape index (κ2) is 20.8. The molecule has 0 spiro atoms. The van der Waals surface area contributed by atoms with Crippen LogP contribution in [0.2, 0.25) is 0 Å². The number of rotatable bonds is 2. The number of aromatic nitrogens is 12. The molecule has 0 radical (unpaired) electrons. The van der Waals surface area contributed by atoms with Crippen LogP contribution in [0.15, 0.2) is 85.2 Å². The number of carbonyl (C=O) groups is 2. The molecule has 180 valence electrons. The summed E-state index contributed by atoms with van der Waals surface area (Å²) in [5.74, 6) is -2.93. The van der Waals surface area contributed by atoms with Crippen LogP contribution in [0.1, 0.15) is 21.0 Å². The second-order valence-electron chi connectivity index (χ2n) is 5.05. The summed E-state index contributed by atoms with van der Waals surface area (Å²) in [6.07, 6.45) is 2.80. The summed E-state index contributed by atoms with van der Waals surface area (Å²) in [5, 5.41) is 59.9. The van der Waals surface area contributed by atoms with Gasteiger partial charge in [-0.25, -0.2) is 0 Å². The number of hydrogen-bond acceptors (Lipinski definition) is 16. The van der Waals surface area contributed by atoms with Gasteiger partial charge in [-0.1, -0.05) is 48.5 Å². The normalized spacial score (nSPS) is 8.23. The van der Waals surface area contributed by atoms with Crippen molar-refractivity contribution in [2.24, 2.45) is 0 Å². The topological polar surface area (TPSA) is 235 Å². The Hall–Kier alpha value is -5.05. The largest absolute Gasteiger partial charge is 2.00 e. The minimum Gasteiger partial charge on any atom is -0.543 e. The molecule has 0 N–H and O–H groups in total. The van der Waals surface area contributed by atoms with E-state index in [1.54, 1.807) is 48.5 Å². The van der Waals surface area contributed by atoms with Crippen molar-refractivity contribution >= 4 is 11.9 Å². The van der Waals surface area contributed by atoms with E-state index in [0.717, 1.165) is 0 Å². The maximum atomic E-state index is 10.6. The van der Waals surface area contributed by atoms with Crippen LogP contribution >= 0.6 is 0 Å². The van der Waals surface area contributed by atoms with Crippen LogP contribution in [0.3, 0.4) is 0 Å². The molecule has 0 fully saturated rings. The molecule has 0 unspecified atom stereocenters. The van der Waals surface area contributed by atoms with Crippen LogP contribution < -0.4 is 10.2 Å². The SMILES string of the molecule is O=C([O-])c1cccccccnnnnnn1.O=C([O-])c1cccccccnnnnnn1.[Ni+2]. The van der Waals surface area contributed by atoms with Gasteiger partial charge in [0.25, 0.3) is 0 Å². The van der Waals surface area contributed by atoms with Crippen molar-refractivity contribution in [3.05, 3.63) is 96.6 Å². The molecule has 2 heterocycles. The van der Waals surface area contributed by atoms with Crippen LogP contribution in [-0.2, 0) is 16.5 Å². The Labute approximate surface area is 207 Å². The molecule has 0 amide bonds. The zero-order chi connectivity index (χ0) is 24.7. The van der Waals surface area contributed by atoms with Crippen molar-refractivity contribution in [1.82, 2.24) is 62.1 Å². The maximum Gasteiger partial charge on any atom is 2.00 e. The number of aromatic carboxylic acids is 2. The quantitative estimate of drug-likeness (QED) is 0.367. The molecular formula is C18H14N12NiO4. The van der Waals surface area contributed by atoms with Crippen molar-refractivity contribution in [3.8, 4) is 0 Å². The van der Waals surface area contributed by atoms with E-state index in [-0.39, 0.29) is 27.9 Å². The van der Waals surface area contributed by atoms with E-state index in [1.807, 2.05) is 0 Å². The fourth-order valence-electron chi connectivity index (χ4n) is 1.45. The Morgan fingerprint density at radius 2 is 0.829 bits per heavy atom. The fraction of sp³-hybridized carbons (Fsp3) is 0. The zero-order valence-corrected chi connectivity index (χ0v) is 18.4. The van der Waals surface area contributed by atoms with Gasteiger partial charge < -0.3 is 19.8 Å². The molecule has 2 rings (SSSR count). The van der Waals surface area contributed by atoms with Crippen LogP contribution in [-0.4, -0.2) is 74.0 Å². The summed E-state index contributed by atoms with van der Waals surface area (Å²) < 4.78 is 0. The van der Waals surface area contributed by atoms with E-state index in [2.05, 4.69) is 62.1 Å². The number of carboxylic acid groups (broad SMARTS) is 2. The molecule has 0 saturated heterocycles. The molecule has 0 aliphatic carbocycles. The standard InChI is InChI=1S/2C9H8N6O2.Ni/c2*16-9(17)8-6-4-2-1-3-5-7-10-12-14-15-13-11-8;/h2*1-7H,(H,16,17);/q;;+2/p-2. The molecular weight excluding hydrogens is 507 g/mol. The Morgan fingerprint density at radius 3 is 1.23 bits per heavy atom.